The van der Waals surface area contributed by atoms with Crippen molar-refractivity contribution in [1.82, 2.24) is 4.90 Å². The summed E-state index contributed by atoms with van der Waals surface area (Å²) < 4.78 is 5.61. The maximum atomic E-state index is 12.5. The van der Waals surface area contributed by atoms with Crippen LogP contribution in [0.5, 0.6) is 5.75 Å². The van der Waals surface area contributed by atoms with E-state index in [9.17, 15) is 4.79 Å². The number of ether oxygens (including phenoxy) is 1. The highest BCUT2D eigenvalue weighted by Crippen LogP contribution is 2.17. The van der Waals surface area contributed by atoms with Gasteiger partial charge in [-0.05, 0) is 56.3 Å². The third kappa shape index (κ3) is 12.2. The molecule has 0 aliphatic carbocycles. The van der Waals surface area contributed by atoms with Gasteiger partial charge in [-0.1, -0.05) is 84.4 Å². The number of carbonyl (C=O) groups is 1. The van der Waals surface area contributed by atoms with Crippen LogP contribution in [0.4, 0.5) is 0 Å². The van der Waals surface area contributed by atoms with Gasteiger partial charge in [-0.25, -0.2) is 0 Å². The molecular formula is C25H43NO2. The second kappa shape index (κ2) is 14.6. The standard InChI is InChI=1S/C25H43NO2/c1-21(2)14-8-6-12-18-26(19-13-7-9-15-22(3)4)20-25(27)28-24-17-11-10-16-23(24)5/h10-11,16-17,21-22H,6-9,12-15,18-20H2,1-5H3. The van der Waals surface area contributed by atoms with Crippen LogP contribution in [0.3, 0.4) is 0 Å². The first-order valence-corrected chi connectivity index (χ1v) is 11.4. The quantitative estimate of drug-likeness (QED) is 0.191. The minimum atomic E-state index is -0.140. The molecule has 0 aliphatic heterocycles. The molecule has 0 saturated heterocycles. The Morgan fingerprint density at radius 1 is 0.857 bits per heavy atom. The van der Waals surface area contributed by atoms with Crippen molar-refractivity contribution >= 4 is 5.97 Å². The summed E-state index contributed by atoms with van der Waals surface area (Å²) in [7, 11) is 0. The van der Waals surface area contributed by atoms with Crippen LogP contribution < -0.4 is 4.74 Å². The summed E-state index contributed by atoms with van der Waals surface area (Å²) in [4.78, 5) is 14.8. The van der Waals surface area contributed by atoms with E-state index in [2.05, 4.69) is 32.6 Å². The largest absolute Gasteiger partial charge is 0.425 e. The van der Waals surface area contributed by atoms with Crippen LogP contribution in [0, 0.1) is 18.8 Å². The number of esters is 1. The zero-order valence-electron chi connectivity index (χ0n) is 19.0. The minimum absolute atomic E-state index is 0.140. The van der Waals surface area contributed by atoms with Gasteiger partial charge in [0.05, 0.1) is 6.54 Å². The normalized spacial score (nSPS) is 11.6. The van der Waals surface area contributed by atoms with E-state index < -0.39 is 0 Å². The number of hydrogen-bond donors (Lipinski definition) is 0. The van der Waals surface area contributed by atoms with Gasteiger partial charge in [0.15, 0.2) is 0 Å². The molecule has 160 valence electrons. The SMILES string of the molecule is Cc1ccccc1OC(=O)CN(CCCCCC(C)C)CCCCCC(C)C. The Balaban J connectivity index is 2.43. The lowest BCUT2D eigenvalue weighted by atomic mass is 10.0. The molecule has 0 heterocycles. The van der Waals surface area contributed by atoms with Crippen LogP contribution in [0.1, 0.15) is 84.6 Å². The monoisotopic (exact) mass is 389 g/mol. The first-order chi connectivity index (χ1) is 13.4. The zero-order chi connectivity index (χ0) is 20.8. The van der Waals surface area contributed by atoms with Crippen molar-refractivity contribution in [2.45, 2.75) is 86.0 Å². The highest BCUT2D eigenvalue weighted by Gasteiger charge is 2.13. The lowest BCUT2D eigenvalue weighted by Crippen LogP contribution is -2.34. The van der Waals surface area contributed by atoms with Gasteiger partial charge >= 0.3 is 5.97 Å². The Labute approximate surface area is 173 Å². The average molecular weight is 390 g/mol. The molecule has 0 unspecified atom stereocenters. The summed E-state index contributed by atoms with van der Waals surface area (Å²) in [6, 6.07) is 7.73. The fourth-order valence-electron chi connectivity index (χ4n) is 3.41. The van der Waals surface area contributed by atoms with E-state index in [1.54, 1.807) is 0 Å². The molecule has 0 spiro atoms. The Morgan fingerprint density at radius 2 is 1.39 bits per heavy atom. The van der Waals surface area contributed by atoms with Gasteiger partial charge in [0.2, 0.25) is 0 Å². The number of para-hydroxylation sites is 1. The summed E-state index contributed by atoms with van der Waals surface area (Å²) in [6.07, 6.45) is 9.98. The molecule has 0 bridgehead atoms. The second-order valence-corrected chi connectivity index (χ2v) is 9.00. The fraction of sp³-hybridized carbons (Fsp3) is 0.720. The summed E-state index contributed by atoms with van der Waals surface area (Å²) in [6.45, 7) is 13.5. The van der Waals surface area contributed by atoms with Gasteiger partial charge in [-0.15, -0.1) is 0 Å². The van der Waals surface area contributed by atoms with E-state index in [0.717, 1.165) is 43.3 Å². The van der Waals surface area contributed by atoms with Crippen molar-refractivity contribution in [1.29, 1.82) is 0 Å². The maximum Gasteiger partial charge on any atom is 0.325 e. The van der Waals surface area contributed by atoms with E-state index in [1.165, 1.54) is 38.5 Å². The number of carbonyl (C=O) groups excluding carboxylic acids is 1. The van der Waals surface area contributed by atoms with Gasteiger partial charge in [0, 0.05) is 0 Å². The predicted octanol–water partition coefficient (Wildman–Crippen LogP) is 6.64. The molecule has 0 aromatic heterocycles. The van der Waals surface area contributed by atoms with E-state index in [1.807, 2.05) is 31.2 Å². The smallest absolute Gasteiger partial charge is 0.325 e. The van der Waals surface area contributed by atoms with E-state index >= 15 is 0 Å². The Bertz CT molecular complexity index is 521. The number of unbranched alkanes of at least 4 members (excludes halogenated alkanes) is 4. The van der Waals surface area contributed by atoms with Crippen LogP contribution in [0.2, 0.25) is 0 Å². The van der Waals surface area contributed by atoms with Gasteiger partial charge in [-0.2, -0.15) is 0 Å². The number of benzene rings is 1. The molecular weight excluding hydrogens is 346 g/mol. The van der Waals surface area contributed by atoms with Gasteiger partial charge in [0.1, 0.15) is 5.75 Å². The number of nitrogens with zero attached hydrogens (tertiary/aromatic N) is 1. The summed E-state index contributed by atoms with van der Waals surface area (Å²) >= 11 is 0. The highest BCUT2D eigenvalue weighted by atomic mass is 16.5. The summed E-state index contributed by atoms with van der Waals surface area (Å²) in [5.41, 5.74) is 1.00. The van der Waals surface area contributed by atoms with Crippen LogP contribution >= 0.6 is 0 Å². The number of hydrogen-bond acceptors (Lipinski definition) is 3. The highest BCUT2D eigenvalue weighted by molar-refractivity contribution is 5.74. The van der Waals surface area contributed by atoms with Crippen LogP contribution in [-0.4, -0.2) is 30.5 Å². The molecule has 0 atom stereocenters. The van der Waals surface area contributed by atoms with E-state index in [4.69, 9.17) is 4.74 Å². The Morgan fingerprint density at radius 3 is 1.89 bits per heavy atom. The topological polar surface area (TPSA) is 29.5 Å². The van der Waals surface area contributed by atoms with Crippen molar-refractivity contribution in [3.05, 3.63) is 29.8 Å². The zero-order valence-corrected chi connectivity index (χ0v) is 19.0. The molecule has 0 radical (unpaired) electrons. The van der Waals surface area contributed by atoms with Crippen molar-refractivity contribution in [3.8, 4) is 5.75 Å². The molecule has 0 aliphatic rings. The van der Waals surface area contributed by atoms with E-state index in [0.29, 0.717) is 12.3 Å². The van der Waals surface area contributed by atoms with Gasteiger partial charge in [0.25, 0.3) is 0 Å². The van der Waals surface area contributed by atoms with Crippen molar-refractivity contribution < 1.29 is 9.53 Å². The Hall–Kier alpha value is -1.35. The number of rotatable bonds is 15. The molecule has 3 nitrogen and oxygen atoms in total. The first kappa shape index (κ1) is 24.7. The molecule has 0 fully saturated rings. The molecule has 1 aromatic carbocycles. The van der Waals surface area contributed by atoms with Crippen molar-refractivity contribution in [3.63, 3.8) is 0 Å². The molecule has 0 amide bonds. The third-order valence-corrected chi connectivity index (χ3v) is 5.18. The molecule has 28 heavy (non-hydrogen) atoms. The molecule has 1 aromatic rings. The lowest BCUT2D eigenvalue weighted by molar-refractivity contribution is -0.135. The average Bonchev–Trinajstić information content (AvgIpc) is 2.62. The first-order valence-electron chi connectivity index (χ1n) is 11.4. The molecule has 1 rings (SSSR count). The van der Waals surface area contributed by atoms with Gasteiger partial charge < -0.3 is 4.74 Å². The second-order valence-electron chi connectivity index (χ2n) is 9.00. The number of aryl methyl sites for hydroxylation is 1. The van der Waals surface area contributed by atoms with Gasteiger partial charge in [-0.3, -0.25) is 9.69 Å². The molecule has 0 N–H and O–H groups in total. The van der Waals surface area contributed by atoms with E-state index in [-0.39, 0.29) is 5.97 Å². The summed E-state index contributed by atoms with van der Waals surface area (Å²) in [5.74, 6) is 2.10. The lowest BCUT2D eigenvalue weighted by Gasteiger charge is -2.21. The summed E-state index contributed by atoms with van der Waals surface area (Å²) in [5, 5.41) is 0. The predicted molar refractivity (Wildman–Crippen MR) is 120 cm³/mol. The van der Waals surface area contributed by atoms with Crippen LogP contribution in [-0.2, 0) is 4.79 Å². The van der Waals surface area contributed by atoms with Crippen LogP contribution in [0.25, 0.3) is 0 Å². The maximum absolute atomic E-state index is 12.5. The fourth-order valence-corrected chi connectivity index (χ4v) is 3.41. The third-order valence-electron chi connectivity index (χ3n) is 5.18. The Kier molecular flexibility index (Phi) is 12.9. The van der Waals surface area contributed by atoms with Crippen molar-refractivity contribution in [2.24, 2.45) is 11.8 Å². The molecule has 0 saturated carbocycles. The molecule has 3 heteroatoms. The van der Waals surface area contributed by atoms with Crippen molar-refractivity contribution in [2.75, 3.05) is 19.6 Å². The minimum Gasteiger partial charge on any atom is -0.425 e. The van der Waals surface area contributed by atoms with Crippen LogP contribution in [0.15, 0.2) is 24.3 Å².